The minimum Gasteiger partial charge on any atom is -0.316 e. The third-order valence-corrected chi connectivity index (χ3v) is 4.32. The van der Waals surface area contributed by atoms with Crippen LogP contribution in [0.25, 0.3) is 0 Å². The molecule has 17 heavy (non-hydrogen) atoms. The predicted octanol–water partition coefficient (Wildman–Crippen LogP) is 4.56. The van der Waals surface area contributed by atoms with Gasteiger partial charge in [-0.25, -0.2) is 0 Å². The number of likely N-dealkylation sites (N-methyl/N-ethyl adjacent to an activating group) is 1. The highest BCUT2D eigenvalue weighted by atomic mass is 35.5. The van der Waals surface area contributed by atoms with Gasteiger partial charge in [-0.15, -0.1) is 0 Å². The molecule has 0 heterocycles. The lowest BCUT2D eigenvalue weighted by Crippen LogP contribution is -2.35. The van der Waals surface area contributed by atoms with Crippen molar-refractivity contribution < 1.29 is 0 Å². The summed E-state index contributed by atoms with van der Waals surface area (Å²) in [5.74, 6) is 0.676. The number of halogens is 2. The summed E-state index contributed by atoms with van der Waals surface area (Å²) < 4.78 is 0. The van der Waals surface area contributed by atoms with Gasteiger partial charge in [0.25, 0.3) is 0 Å². The van der Waals surface area contributed by atoms with Gasteiger partial charge in [0, 0.05) is 6.04 Å². The summed E-state index contributed by atoms with van der Waals surface area (Å²) in [5, 5.41) is 4.73. The Labute approximate surface area is 115 Å². The second kappa shape index (κ2) is 7.25. The normalized spacial score (nSPS) is 13.1. The molecule has 0 amide bonds. The van der Waals surface area contributed by atoms with Crippen LogP contribution >= 0.6 is 23.2 Å². The Morgan fingerprint density at radius 1 is 1.18 bits per heavy atom. The van der Waals surface area contributed by atoms with Crippen LogP contribution in [0.3, 0.4) is 0 Å². The second-order valence-electron chi connectivity index (χ2n) is 4.39. The van der Waals surface area contributed by atoms with Gasteiger partial charge in [-0.05, 0) is 31.0 Å². The zero-order chi connectivity index (χ0) is 12.8. The van der Waals surface area contributed by atoms with Gasteiger partial charge in [-0.3, -0.25) is 0 Å². The van der Waals surface area contributed by atoms with Gasteiger partial charge >= 0.3 is 0 Å². The summed E-state index contributed by atoms with van der Waals surface area (Å²) in [6, 6.07) is 6.31. The Kier molecular flexibility index (Phi) is 6.32. The molecule has 3 heteroatoms. The molecule has 1 unspecified atom stereocenters. The average molecular weight is 274 g/mol. The molecule has 0 aromatic heterocycles. The van der Waals surface area contributed by atoms with Crippen molar-refractivity contribution in [2.24, 2.45) is 5.92 Å². The van der Waals surface area contributed by atoms with Crippen molar-refractivity contribution in [2.75, 3.05) is 7.05 Å². The number of hydrogen-bond acceptors (Lipinski definition) is 1. The minimum atomic E-state index is 0.459. The highest BCUT2D eigenvalue weighted by Crippen LogP contribution is 2.28. The SMILES string of the molecule is CCC(CC)C(Cc1cccc(Cl)c1Cl)NC. The van der Waals surface area contributed by atoms with Gasteiger partial charge in [0.1, 0.15) is 0 Å². The summed E-state index contributed by atoms with van der Waals surface area (Å²) in [4.78, 5) is 0. The topological polar surface area (TPSA) is 12.0 Å². The molecule has 0 saturated heterocycles. The summed E-state index contributed by atoms with van der Waals surface area (Å²) in [6.45, 7) is 4.47. The van der Waals surface area contributed by atoms with E-state index < -0.39 is 0 Å². The van der Waals surface area contributed by atoms with E-state index in [0.717, 1.165) is 12.0 Å². The van der Waals surface area contributed by atoms with E-state index >= 15 is 0 Å². The van der Waals surface area contributed by atoms with E-state index in [1.165, 1.54) is 12.8 Å². The van der Waals surface area contributed by atoms with Crippen molar-refractivity contribution >= 4 is 23.2 Å². The fourth-order valence-corrected chi connectivity index (χ4v) is 2.70. The van der Waals surface area contributed by atoms with Crippen LogP contribution in [0.5, 0.6) is 0 Å². The molecule has 0 aliphatic rings. The van der Waals surface area contributed by atoms with Crippen molar-refractivity contribution in [3.05, 3.63) is 33.8 Å². The van der Waals surface area contributed by atoms with Gasteiger partial charge in [0.05, 0.1) is 10.0 Å². The maximum Gasteiger partial charge on any atom is 0.0624 e. The van der Waals surface area contributed by atoms with E-state index in [0.29, 0.717) is 22.0 Å². The molecule has 1 nitrogen and oxygen atoms in total. The zero-order valence-electron chi connectivity index (χ0n) is 10.8. The first-order valence-electron chi connectivity index (χ1n) is 6.24. The molecule has 0 radical (unpaired) electrons. The largest absolute Gasteiger partial charge is 0.316 e. The first kappa shape index (κ1) is 14.8. The summed E-state index contributed by atoms with van der Waals surface area (Å²) in [6.07, 6.45) is 3.29. The van der Waals surface area contributed by atoms with Gasteiger partial charge < -0.3 is 5.32 Å². The predicted molar refractivity (Wildman–Crippen MR) is 77.1 cm³/mol. The Morgan fingerprint density at radius 2 is 1.82 bits per heavy atom. The Balaban J connectivity index is 2.83. The molecular weight excluding hydrogens is 253 g/mol. The number of nitrogens with one attached hydrogen (secondary N) is 1. The fourth-order valence-electron chi connectivity index (χ4n) is 2.31. The highest BCUT2D eigenvalue weighted by molar-refractivity contribution is 6.42. The van der Waals surface area contributed by atoms with Crippen molar-refractivity contribution in [3.63, 3.8) is 0 Å². The number of benzene rings is 1. The maximum atomic E-state index is 6.23. The third-order valence-electron chi connectivity index (χ3n) is 3.46. The van der Waals surface area contributed by atoms with E-state index in [4.69, 9.17) is 23.2 Å². The van der Waals surface area contributed by atoms with E-state index in [2.05, 4.69) is 25.2 Å². The van der Waals surface area contributed by atoms with Crippen LogP contribution in [0.4, 0.5) is 0 Å². The molecule has 0 spiro atoms. The van der Waals surface area contributed by atoms with Gasteiger partial charge in [-0.2, -0.15) is 0 Å². The quantitative estimate of drug-likeness (QED) is 0.801. The molecule has 1 N–H and O–H groups in total. The molecule has 96 valence electrons. The van der Waals surface area contributed by atoms with E-state index in [1.807, 2.05) is 19.2 Å². The van der Waals surface area contributed by atoms with Crippen molar-refractivity contribution in [3.8, 4) is 0 Å². The molecule has 1 rings (SSSR count). The van der Waals surface area contributed by atoms with Crippen LogP contribution in [0.1, 0.15) is 32.3 Å². The molecule has 1 atom stereocenters. The van der Waals surface area contributed by atoms with Gasteiger partial charge in [0.15, 0.2) is 0 Å². The van der Waals surface area contributed by atoms with E-state index in [9.17, 15) is 0 Å². The monoisotopic (exact) mass is 273 g/mol. The lowest BCUT2D eigenvalue weighted by atomic mass is 9.89. The molecular formula is C14H21Cl2N. The molecule has 0 saturated carbocycles. The third kappa shape index (κ3) is 3.87. The molecule has 0 bridgehead atoms. The molecule has 0 aliphatic carbocycles. The van der Waals surface area contributed by atoms with Crippen molar-refractivity contribution in [1.82, 2.24) is 5.32 Å². The first-order valence-corrected chi connectivity index (χ1v) is 6.99. The standard InChI is InChI=1S/C14H21Cl2N/c1-4-10(5-2)13(17-3)9-11-7-6-8-12(15)14(11)16/h6-8,10,13,17H,4-5,9H2,1-3H3. The summed E-state index contributed by atoms with van der Waals surface area (Å²) in [7, 11) is 2.02. The lowest BCUT2D eigenvalue weighted by Gasteiger charge is -2.25. The van der Waals surface area contributed by atoms with Gasteiger partial charge in [-0.1, -0.05) is 62.0 Å². The van der Waals surface area contributed by atoms with Crippen LogP contribution in [0.15, 0.2) is 18.2 Å². The van der Waals surface area contributed by atoms with Crippen LogP contribution < -0.4 is 5.32 Å². The summed E-state index contributed by atoms with van der Waals surface area (Å²) >= 11 is 12.3. The van der Waals surface area contributed by atoms with Crippen molar-refractivity contribution in [2.45, 2.75) is 39.2 Å². The van der Waals surface area contributed by atoms with E-state index in [1.54, 1.807) is 0 Å². The van der Waals surface area contributed by atoms with Crippen LogP contribution in [-0.4, -0.2) is 13.1 Å². The van der Waals surface area contributed by atoms with Crippen LogP contribution in [0, 0.1) is 5.92 Å². The maximum absolute atomic E-state index is 6.23. The average Bonchev–Trinajstić information content (AvgIpc) is 2.34. The summed E-state index contributed by atoms with van der Waals surface area (Å²) in [5.41, 5.74) is 1.13. The van der Waals surface area contributed by atoms with E-state index in [-0.39, 0.29) is 0 Å². The Hall–Kier alpha value is -0.240. The number of rotatable bonds is 6. The molecule has 0 aliphatic heterocycles. The number of hydrogen-bond donors (Lipinski definition) is 1. The molecule has 1 aromatic carbocycles. The van der Waals surface area contributed by atoms with Crippen LogP contribution in [0.2, 0.25) is 10.0 Å². The second-order valence-corrected chi connectivity index (χ2v) is 5.17. The Bertz CT molecular complexity index is 348. The smallest absolute Gasteiger partial charge is 0.0624 e. The molecule has 1 aromatic rings. The Morgan fingerprint density at radius 3 is 2.35 bits per heavy atom. The lowest BCUT2D eigenvalue weighted by molar-refractivity contribution is 0.349. The van der Waals surface area contributed by atoms with Crippen LogP contribution in [-0.2, 0) is 6.42 Å². The minimum absolute atomic E-state index is 0.459. The first-order chi connectivity index (χ1) is 8.13. The molecule has 0 fully saturated rings. The zero-order valence-corrected chi connectivity index (χ0v) is 12.3. The van der Waals surface area contributed by atoms with Crippen molar-refractivity contribution in [1.29, 1.82) is 0 Å². The van der Waals surface area contributed by atoms with Gasteiger partial charge in [0.2, 0.25) is 0 Å². The fraction of sp³-hybridized carbons (Fsp3) is 0.571. The highest BCUT2D eigenvalue weighted by Gasteiger charge is 2.18.